The molecule has 0 spiro atoms. The third-order valence-electron chi connectivity index (χ3n) is 4.27. The Morgan fingerprint density at radius 3 is 2.56 bits per heavy atom. The predicted octanol–water partition coefficient (Wildman–Crippen LogP) is 3.01. The molecule has 1 atom stereocenters. The number of nitrogens with zero attached hydrogens (tertiary/aromatic N) is 1. The van der Waals surface area contributed by atoms with Crippen LogP contribution in [0.2, 0.25) is 0 Å². The zero-order chi connectivity index (χ0) is 17.6. The molecule has 1 unspecified atom stereocenters. The lowest BCUT2D eigenvalue weighted by molar-refractivity contribution is -0.121. The van der Waals surface area contributed by atoms with Gasteiger partial charge in [-0.1, -0.05) is 30.3 Å². The van der Waals surface area contributed by atoms with Gasteiger partial charge in [-0.05, 0) is 23.8 Å². The molecule has 2 aromatic carbocycles. The minimum absolute atomic E-state index is 0.0392. The van der Waals surface area contributed by atoms with Crippen LogP contribution >= 0.6 is 11.8 Å². The van der Waals surface area contributed by atoms with Gasteiger partial charge in [-0.25, -0.2) is 0 Å². The molecule has 1 fully saturated rings. The van der Waals surface area contributed by atoms with Gasteiger partial charge in [-0.2, -0.15) is 11.8 Å². The molecule has 1 aliphatic heterocycles. The summed E-state index contributed by atoms with van der Waals surface area (Å²) < 4.78 is 5.17. The van der Waals surface area contributed by atoms with Crippen molar-refractivity contribution in [2.24, 2.45) is 0 Å². The second-order valence-electron chi connectivity index (χ2n) is 5.91. The van der Waals surface area contributed by atoms with Crippen LogP contribution < -0.4 is 15.8 Å². The summed E-state index contributed by atoms with van der Waals surface area (Å²) >= 11 is 1.93. The Morgan fingerprint density at radius 1 is 1.20 bits per heavy atom. The van der Waals surface area contributed by atoms with Crippen LogP contribution in [0.15, 0.2) is 48.5 Å². The van der Waals surface area contributed by atoms with E-state index in [0.717, 1.165) is 30.2 Å². The summed E-state index contributed by atoms with van der Waals surface area (Å²) in [5, 5.41) is 3.01. The highest BCUT2D eigenvalue weighted by Crippen LogP contribution is 2.28. The Hall–Kier alpha value is -2.18. The number of amides is 1. The Morgan fingerprint density at radius 2 is 1.92 bits per heavy atom. The van der Waals surface area contributed by atoms with E-state index < -0.39 is 0 Å². The Labute approximate surface area is 152 Å². The molecule has 0 saturated carbocycles. The molecule has 1 saturated heterocycles. The molecule has 1 aliphatic rings. The molecule has 0 aromatic heterocycles. The normalized spacial score (nSPS) is 16.2. The zero-order valence-electron chi connectivity index (χ0n) is 14.3. The fourth-order valence-corrected chi connectivity index (χ4v) is 3.95. The van der Waals surface area contributed by atoms with E-state index in [4.69, 9.17) is 10.5 Å². The minimum Gasteiger partial charge on any atom is -0.495 e. The fraction of sp³-hybridized carbons (Fsp3) is 0.316. The van der Waals surface area contributed by atoms with Crippen molar-refractivity contribution >= 4 is 29.0 Å². The topological polar surface area (TPSA) is 67.6 Å². The maximum absolute atomic E-state index is 13.0. The van der Waals surface area contributed by atoms with Gasteiger partial charge in [0.05, 0.1) is 12.8 Å². The number of methoxy groups -OCH3 is 1. The van der Waals surface area contributed by atoms with Crippen molar-refractivity contribution in [3.8, 4) is 5.75 Å². The first-order valence-electron chi connectivity index (χ1n) is 8.30. The predicted molar refractivity (Wildman–Crippen MR) is 104 cm³/mol. The van der Waals surface area contributed by atoms with Crippen LogP contribution in [-0.4, -0.2) is 42.5 Å². The Bertz CT molecular complexity index is 718. The summed E-state index contributed by atoms with van der Waals surface area (Å²) in [5.74, 6) is 2.66. The summed E-state index contributed by atoms with van der Waals surface area (Å²) in [5.41, 5.74) is 8.14. The van der Waals surface area contributed by atoms with Gasteiger partial charge < -0.3 is 15.8 Å². The zero-order valence-corrected chi connectivity index (χ0v) is 15.1. The third kappa shape index (κ3) is 4.27. The molecule has 2 aromatic rings. The van der Waals surface area contributed by atoms with Crippen molar-refractivity contribution in [2.75, 3.05) is 42.8 Å². The summed E-state index contributed by atoms with van der Waals surface area (Å²) in [6, 6.07) is 14.9. The number of anilines is 2. The lowest BCUT2D eigenvalue weighted by atomic mass is 10.0. The monoisotopic (exact) mass is 357 g/mol. The molecular weight excluding hydrogens is 334 g/mol. The van der Waals surface area contributed by atoms with Gasteiger partial charge in [-0.15, -0.1) is 0 Å². The van der Waals surface area contributed by atoms with Crippen LogP contribution in [0.4, 0.5) is 11.4 Å². The highest BCUT2D eigenvalue weighted by atomic mass is 32.2. The van der Waals surface area contributed by atoms with Crippen LogP contribution in [0, 0.1) is 0 Å². The van der Waals surface area contributed by atoms with Gasteiger partial charge in [0, 0.05) is 30.3 Å². The van der Waals surface area contributed by atoms with Crippen molar-refractivity contribution in [1.82, 2.24) is 4.90 Å². The first kappa shape index (κ1) is 17.6. The first-order valence-corrected chi connectivity index (χ1v) is 9.45. The first-order chi connectivity index (χ1) is 12.2. The van der Waals surface area contributed by atoms with Crippen molar-refractivity contribution in [1.29, 1.82) is 0 Å². The molecule has 3 rings (SSSR count). The minimum atomic E-state index is -0.301. The highest BCUT2D eigenvalue weighted by molar-refractivity contribution is 7.99. The number of thioether (sulfide) groups is 1. The number of nitrogens with two attached hydrogens (primary N) is 1. The van der Waals surface area contributed by atoms with Crippen LogP contribution in [-0.2, 0) is 4.79 Å². The Balaban J connectivity index is 1.82. The third-order valence-corrected chi connectivity index (χ3v) is 5.21. The summed E-state index contributed by atoms with van der Waals surface area (Å²) in [6.45, 7) is 1.81. The van der Waals surface area contributed by atoms with Crippen molar-refractivity contribution in [3.05, 3.63) is 54.1 Å². The second kappa shape index (κ2) is 8.27. The number of nitrogen functional groups attached to an aromatic ring is 1. The van der Waals surface area contributed by atoms with E-state index in [2.05, 4.69) is 10.2 Å². The largest absolute Gasteiger partial charge is 0.495 e. The average molecular weight is 357 g/mol. The molecular formula is C19H23N3O2S. The molecule has 1 amide bonds. The molecule has 5 nitrogen and oxygen atoms in total. The molecule has 25 heavy (non-hydrogen) atoms. The fourth-order valence-electron chi connectivity index (χ4n) is 3.02. The van der Waals surface area contributed by atoms with Gasteiger partial charge in [0.25, 0.3) is 0 Å². The standard InChI is InChI=1S/C19H23N3O2S/c1-24-17-8-7-15(13-16(17)20)21-19(23)18(14-5-3-2-4-6-14)22-9-11-25-12-10-22/h2-8,13,18H,9-12,20H2,1H3,(H,21,23). The summed E-state index contributed by atoms with van der Waals surface area (Å²) in [7, 11) is 1.57. The smallest absolute Gasteiger partial charge is 0.246 e. The quantitative estimate of drug-likeness (QED) is 0.805. The highest BCUT2D eigenvalue weighted by Gasteiger charge is 2.28. The lowest BCUT2D eigenvalue weighted by Gasteiger charge is -2.33. The van der Waals surface area contributed by atoms with E-state index in [1.165, 1.54) is 0 Å². The number of benzene rings is 2. The van der Waals surface area contributed by atoms with Crippen LogP contribution in [0.3, 0.4) is 0 Å². The lowest BCUT2D eigenvalue weighted by Crippen LogP contribution is -2.41. The van der Waals surface area contributed by atoms with Gasteiger partial charge >= 0.3 is 0 Å². The molecule has 0 bridgehead atoms. The van der Waals surface area contributed by atoms with E-state index in [1.807, 2.05) is 42.1 Å². The van der Waals surface area contributed by atoms with Crippen LogP contribution in [0.5, 0.6) is 5.75 Å². The Kier molecular flexibility index (Phi) is 5.83. The summed E-state index contributed by atoms with van der Waals surface area (Å²) in [6.07, 6.45) is 0. The van der Waals surface area contributed by atoms with Crippen LogP contribution in [0.1, 0.15) is 11.6 Å². The molecule has 0 radical (unpaired) electrons. The van der Waals surface area contributed by atoms with E-state index in [9.17, 15) is 4.79 Å². The van der Waals surface area contributed by atoms with E-state index >= 15 is 0 Å². The summed E-state index contributed by atoms with van der Waals surface area (Å²) in [4.78, 5) is 15.3. The van der Waals surface area contributed by atoms with Crippen molar-refractivity contribution < 1.29 is 9.53 Å². The number of carbonyl (C=O) groups is 1. The maximum Gasteiger partial charge on any atom is 0.246 e. The number of rotatable bonds is 5. The van der Waals surface area contributed by atoms with Crippen LogP contribution in [0.25, 0.3) is 0 Å². The molecule has 132 valence electrons. The van der Waals surface area contributed by atoms with Crippen molar-refractivity contribution in [2.45, 2.75) is 6.04 Å². The van der Waals surface area contributed by atoms with Gasteiger partial charge in [0.2, 0.25) is 5.91 Å². The van der Waals surface area contributed by atoms with E-state index in [0.29, 0.717) is 17.1 Å². The molecule has 6 heteroatoms. The van der Waals surface area contributed by atoms with Gasteiger partial charge in [-0.3, -0.25) is 9.69 Å². The van der Waals surface area contributed by atoms with Gasteiger partial charge in [0.15, 0.2) is 0 Å². The second-order valence-corrected chi connectivity index (χ2v) is 7.13. The number of nitrogens with one attached hydrogen (secondary N) is 1. The van der Waals surface area contributed by atoms with E-state index in [-0.39, 0.29) is 11.9 Å². The van der Waals surface area contributed by atoms with E-state index in [1.54, 1.807) is 25.3 Å². The SMILES string of the molecule is COc1ccc(NC(=O)C(c2ccccc2)N2CCSCC2)cc1N. The number of hydrogen-bond acceptors (Lipinski definition) is 5. The molecule has 0 aliphatic carbocycles. The number of carbonyl (C=O) groups excluding carboxylic acids is 1. The van der Waals surface area contributed by atoms with Crippen molar-refractivity contribution in [3.63, 3.8) is 0 Å². The number of hydrogen-bond donors (Lipinski definition) is 2. The van der Waals surface area contributed by atoms with Gasteiger partial charge in [0.1, 0.15) is 11.8 Å². The average Bonchev–Trinajstić information content (AvgIpc) is 2.64. The molecule has 3 N–H and O–H groups in total. The molecule has 1 heterocycles. The maximum atomic E-state index is 13.0. The number of ether oxygens (including phenoxy) is 1.